The van der Waals surface area contributed by atoms with E-state index in [1.807, 2.05) is 30.3 Å². The van der Waals surface area contributed by atoms with Gasteiger partial charge in [-0.3, -0.25) is 4.79 Å². The number of hydrogen-bond acceptors (Lipinski definition) is 6. The van der Waals surface area contributed by atoms with E-state index in [4.69, 9.17) is 0 Å². The minimum Gasteiger partial charge on any atom is -0.393 e. The maximum Gasteiger partial charge on any atom is 0.256 e. The maximum atomic E-state index is 12.6. The quantitative estimate of drug-likeness (QED) is 0.780. The van der Waals surface area contributed by atoms with Gasteiger partial charge in [0.15, 0.2) is 0 Å². The number of aliphatic hydroxyl groups is 2. The number of aliphatic hydroxyl groups excluding tert-OH is 1. The number of likely N-dealkylation sites (tertiary alicyclic amines) is 1. The standard InChI is InChI=1S/C18H22N4O3/c23-13-18(25)7-4-9-22(10-8-18)16(24)14-11-19-17(20-12-14)21-15-5-2-1-3-6-15/h1-3,5-6,11-12,23,25H,4,7-10,13H2,(H,19,20,21)/t18-/m1/s1. The van der Waals surface area contributed by atoms with E-state index in [0.29, 0.717) is 43.9 Å². The predicted molar refractivity (Wildman–Crippen MR) is 93.5 cm³/mol. The van der Waals surface area contributed by atoms with E-state index in [9.17, 15) is 15.0 Å². The molecule has 3 N–H and O–H groups in total. The second-order valence-corrected chi connectivity index (χ2v) is 6.31. The smallest absolute Gasteiger partial charge is 0.256 e. The van der Waals surface area contributed by atoms with Crippen molar-refractivity contribution in [3.8, 4) is 0 Å². The van der Waals surface area contributed by atoms with E-state index >= 15 is 0 Å². The van der Waals surface area contributed by atoms with Gasteiger partial charge in [-0.1, -0.05) is 18.2 Å². The third kappa shape index (κ3) is 4.32. The molecular weight excluding hydrogens is 320 g/mol. The van der Waals surface area contributed by atoms with Crippen LogP contribution in [-0.2, 0) is 0 Å². The molecule has 0 unspecified atom stereocenters. The summed E-state index contributed by atoms with van der Waals surface area (Å²) >= 11 is 0. The lowest BCUT2D eigenvalue weighted by Gasteiger charge is -2.24. The van der Waals surface area contributed by atoms with Crippen molar-refractivity contribution in [2.45, 2.75) is 24.9 Å². The van der Waals surface area contributed by atoms with Crippen LogP contribution in [0.2, 0.25) is 0 Å². The molecule has 3 rings (SSSR count). The van der Waals surface area contributed by atoms with Gasteiger partial charge in [-0.2, -0.15) is 0 Å². The van der Waals surface area contributed by atoms with Gasteiger partial charge in [0.25, 0.3) is 5.91 Å². The average Bonchev–Trinajstić information content (AvgIpc) is 2.85. The van der Waals surface area contributed by atoms with Crippen molar-refractivity contribution in [2.75, 3.05) is 25.0 Å². The number of carbonyl (C=O) groups excluding carboxylic acids is 1. The van der Waals surface area contributed by atoms with Crippen LogP contribution in [-0.4, -0.2) is 56.3 Å². The van der Waals surface area contributed by atoms with Crippen LogP contribution in [0.5, 0.6) is 0 Å². The van der Waals surface area contributed by atoms with E-state index in [1.165, 1.54) is 12.4 Å². The number of hydrogen-bond donors (Lipinski definition) is 3. The Morgan fingerprint density at radius 1 is 1.16 bits per heavy atom. The molecule has 1 aromatic heterocycles. The molecule has 7 heteroatoms. The zero-order valence-corrected chi connectivity index (χ0v) is 13.9. The largest absolute Gasteiger partial charge is 0.393 e. The fourth-order valence-electron chi connectivity index (χ4n) is 2.88. The Morgan fingerprint density at radius 2 is 1.88 bits per heavy atom. The van der Waals surface area contributed by atoms with Gasteiger partial charge >= 0.3 is 0 Å². The van der Waals surface area contributed by atoms with Crippen LogP contribution in [0.4, 0.5) is 11.6 Å². The highest BCUT2D eigenvalue weighted by atomic mass is 16.3. The second-order valence-electron chi connectivity index (χ2n) is 6.31. The number of nitrogens with zero attached hydrogens (tertiary/aromatic N) is 3. The predicted octanol–water partition coefficient (Wildman–Crippen LogP) is 1.57. The van der Waals surface area contributed by atoms with Crippen LogP contribution in [0.25, 0.3) is 0 Å². The first-order chi connectivity index (χ1) is 12.1. The topological polar surface area (TPSA) is 98.6 Å². The highest BCUT2D eigenvalue weighted by Crippen LogP contribution is 2.22. The van der Waals surface area contributed by atoms with Gasteiger partial charge in [-0.25, -0.2) is 9.97 Å². The number of carbonyl (C=O) groups is 1. The zero-order chi connectivity index (χ0) is 17.7. The molecule has 2 aromatic rings. The van der Waals surface area contributed by atoms with Crippen molar-refractivity contribution in [1.29, 1.82) is 0 Å². The summed E-state index contributed by atoms with van der Waals surface area (Å²) in [5.74, 6) is 0.265. The van der Waals surface area contributed by atoms with Crippen LogP contribution >= 0.6 is 0 Å². The molecule has 0 radical (unpaired) electrons. The van der Waals surface area contributed by atoms with Crippen molar-refractivity contribution in [3.63, 3.8) is 0 Å². The molecule has 0 aliphatic carbocycles. The summed E-state index contributed by atoms with van der Waals surface area (Å²) in [4.78, 5) is 22.7. The second kappa shape index (κ2) is 7.58. The lowest BCUT2D eigenvalue weighted by atomic mass is 9.96. The van der Waals surface area contributed by atoms with Gasteiger partial charge in [-0.15, -0.1) is 0 Å². The molecule has 1 aliphatic rings. The number of anilines is 2. The van der Waals surface area contributed by atoms with Crippen LogP contribution in [0.1, 0.15) is 29.6 Å². The Morgan fingerprint density at radius 3 is 2.56 bits per heavy atom. The van der Waals surface area contributed by atoms with Gasteiger partial charge in [0.2, 0.25) is 5.95 Å². The summed E-state index contributed by atoms with van der Waals surface area (Å²) < 4.78 is 0. The van der Waals surface area contributed by atoms with Crippen molar-refractivity contribution in [1.82, 2.24) is 14.9 Å². The summed E-state index contributed by atoms with van der Waals surface area (Å²) in [7, 11) is 0. The van der Waals surface area contributed by atoms with Crippen molar-refractivity contribution in [3.05, 3.63) is 48.3 Å². The number of para-hydroxylation sites is 1. The van der Waals surface area contributed by atoms with E-state index in [2.05, 4.69) is 15.3 Å². The number of nitrogens with one attached hydrogen (secondary N) is 1. The molecule has 0 saturated carbocycles. The molecule has 1 aliphatic heterocycles. The van der Waals surface area contributed by atoms with E-state index in [-0.39, 0.29) is 12.5 Å². The van der Waals surface area contributed by atoms with Gasteiger partial charge in [0.1, 0.15) is 0 Å². The monoisotopic (exact) mass is 342 g/mol. The van der Waals surface area contributed by atoms with Crippen molar-refractivity contribution in [2.24, 2.45) is 0 Å². The fraction of sp³-hybridized carbons (Fsp3) is 0.389. The molecule has 0 bridgehead atoms. The number of amides is 1. The molecule has 2 heterocycles. The van der Waals surface area contributed by atoms with E-state index in [1.54, 1.807) is 4.90 Å². The van der Waals surface area contributed by atoms with Gasteiger partial charge in [0.05, 0.1) is 17.8 Å². The number of benzene rings is 1. The van der Waals surface area contributed by atoms with Crippen LogP contribution in [0, 0.1) is 0 Å². The fourth-order valence-corrected chi connectivity index (χ4v) is 2.88. The first-order valence-electron chi connectivity index (χ1n) is 8.36. The molecule has 7 nitrogen and oxygen atoms in total. The summed E-state index contributed by atoms with van der Waals surface area (Å²) in [6.45, 7) is 0.670. The molecule has 1 aromatic carbocycles. The molecular formula is C18H22N4O3. The highest BCUT2D eigenvalue weighted by Gasteiger charge is 2.31. The third-order valence-electron chi connectivity index (χ3n) is 4.43. The highest BCUT2D eigenvalue weighted by molar-refractivity contribution is 5.93. The minimum atomic E-state index is -1.09. The third-order valence-corrected chi connectivity index (χ3v) is 4.43. The van der Waals surface area contributed by atoms with Crippen LogP contribution < -0.4 is 5.32 Å². The molecule has 1 saturated heterocycles. The summed E-state index contributed by atoms with van der Waals surface area (Å²) in [6, 6.07) is 9.55. The molecule has 1 atom stereocenters. The van der Waals surface area contributed by atoms with Crippen LogP contribution in [0.3, 0.4) is 0 Å². The first-order valence-corrected chi connectivity index (χ1v) is 8.36. The Hall–Kier alpha value is -2.51. The zero-order valence-electron chi connectivity index (χ0n) is 13.9. The molecule has 132 valence electrons. The molecule has 1 fully saturated rings. The minimum absolute atomic E-state index is 0.159. The number of aromatic nitrogens is 2. The van der Waals surface area contributed by atoms with Crippen molar-refractivity contribution >= 4 is 17.5 Å². The number of rotatable bonds is 4. The normalized spacial score (nSPS) is 20.8. The Balaban J connectivity index is 1.64. The molecule has 1 amide bonds. The SMILES string of the molecule is O=C(c1cnc(Nc2ccccc2)nc1)N1CCC[C@](O)(CO)CC1. The van der Waals surface area contributed by atoms with Crippen LogP contribution in [0.15, 0.2) is 42.7 Å². The molecule has 0 spiro atoms. The maximum absolute atomic E-state index is 12.6. The van der Waals surface area contributed by atoms with E-state index < -0.39 is 5.60 Å². The lowest BCUT2D eigenvalue weighted by molar-refractivity contribution is -0.0250. The summed E-state index contributed by atoms with van der Waals surface area (Å²) in [6.07, 6.45) is 4.51. The van der Waals surface area contributed by atoms with Gasteiger partial charge in [-0.05, 0) is 31.4 Å². The van der Waals surface area contributed by atoms with Gasteiger partial charge in [0, 0.05) is 31.2 Å². The first kappa shape index (κ1) is 17.3. The summed E-state index contributed by atoms with van der Waals surface area (Å²) in [5, 5.41) is 22.5. The van der Waals surface area contributed by atoms with E-state index in [0.717, 1.165) is 5.69 Å². The summed E-state index contributed by atoms with van der Waals surface area (Å²) in [5.41, 5.74) is 0.195. The Bertz CT molecular complexity index is 708. The molecule has 25 heavy (non-hydrogen) atoms. The van der Waals surface area contributed by atoms with Crippen molar-refractivity contribution < 1.29 is 15.0 Å². The Kier molecular flexibility index (Phi) is 5.25. The van der Waals surface area contributed by atoms with Gasteiger partial charge < -0.3 is 20.4 Å². The average molecular weight is 342 g/mol. The lowest BCUT2D eigenvalue weighted by Crippen LogP contribution is -2.36. The Labute approximate surface area is 146 Å².